The van der Waals surface area contributed by atoms with Gasteiger partial charge in [-0.25, -0.2) is 8.42 Å². The van der Waals surface area contributed by atoms with E-state index >= 15 is 0 Å². The molecule has 1 spiro atoms. The summed E-state index contributed by atoms with van der Waals surface area (Å²) in [6.07, 6.45) is 5.71. The molecule has 1 aliphatic carbocycles. The van der Waals surface area contributed by atoms with E-state index in [4.69, 9.17) is 4.74 Å². The molecule has 180 valence electrons. The zero-order chi connectivity index (χ0) is 23.5. The summed E-state index contributed by atoms with van der Waals surface area (Å²) in [7, 11) is 0.000220. The van der Waals surface area contributed by atoms with Crippen LogP contribution in [0, 0.1) is 5.92 Å². The third-order valence-corrected chi connectivity index (χ3v) is 9.43. The summed E-state index contributed by atoms with van der Waals surface area (Å²) in [5.41, 5.74) is 2.52. The topological polar surface area (TPSA) is 92.1 Å². The van der Waals surface area contributed by atoms with Gasteiger partial charge in [-0.05, 0) is 43.4 Å². The molecule has 1 aromatic heterocycles. The lowest BCUT2D eigenvalue weighted by molar-refractivity contribution is -0.140. The zero-order valence-corrected chi connectivity index (χ0v) is 20.4. The van der Waals surface area contributed by atoms with Crippen LogP contribution in [0.25, 0.3) is 10.9 Å². The maximum absolute atomic E-state index is 12.9. The number of hydrogen-bond acceptors (Lipinski definition) is 5. The Morgan fingerprint density at radius 3 is 2.48 bits per heavy atom. The molecule has 1 saturated heterocycles. The number of methoxy groups -OCH3 is 1. The van der Waals surface area contributed by atoms with Crippen LogP contribution in [-0.2, 0) is 27.3 Å². The molecule has 0 bridgehead atoms. The van der Waals surface area contributed by atoms with Crippen molar-refractivity contribution >= 4 is 26.8 Å². The molecule has 0 unspecified atom stereocenters. The smallest absolute Gasteiger partial charge is 0.225 e. The van der Waals surface area contributed by atoms with Crippen molar-refractivity contribution in [3.8, 4) is 5.75 Å². The van der Waals surface area contributed by atoms with E-state index in [1.165, 1.54) is 10.6 Å². The van der Waals surface area contributed by atoms with Gasteiger partial charge < -0.3 is 19.3 Å². The summed E-state index contributed by atoms with van der Waals surface area (Å²) in [5.74, 6) is 1.15. The summed E-state index contributed by atoms with van der Waals surface area (Å²) in [6, 6.07) is 5.31. The molecule has 2 fully saturated rings. The van der Waals surface area contributed by atoms with Gasteiger partial charge in [0.25, 0.3) is 0 Å². The summed E-state index contributed by atoms with van der Waals surface area (Å²) >= 11 is 0. The molecule has 1 saturated carbocycles. The molecular weight excluding hydrogens is 442 g/mol. The molecule has 2 aliphatic heterocycles. The Kier molecular flexibility index (Phi) is 5.49. The minimum Gasteiger partial charge on any atom is -0.497 e. The number of aliphatic hydroxyl groups is 1. The SMILES string of the molecule is COc1ccc2c3c(n(C)c2c1)[C@H](CO)N(S(C)(=O)=O)CC31CCN(C(=O)C2CCC2)CC1. The lowest BCUT2D eigenvalue weighted by atomic mass is 9.68. The number of ether oxygens (including phenoxy) is 1. The number of fused-ring (bicyclic) bond motifs is 4. The number of carbonyl (C=O) groups excluding carboxylic acids is 1. The number of aliphatic hydroxyl groups excluding tert-OH is 1. The van der Waals surface area contributed by atoms with Crippen molar-refractivity contribution in [2.24, 2.45) is 13.0 Å². The summed E-state index contributed by atoms with van der Waals surface area (Å²) in [6.45, 7) is 1.29. The van der Waals surface area contributed by atoms with Crippen molar-refractivity contribution in [3.05, 3.63) is 29.5 Å². The fraction of sp³-hybridized carbons (Fsp3) is 0.625. The molecule has 1 aromatic carbocycles. The average Bonchev–Trinajstić information content (AvgIpc) is 3.05. The van der Waals surface area contributed by atoms with Crippen LogP contribution in [0.5, 0.6) is 5.75 Å². The number of rotatable bonds is 4. The van der Waals surface area contributed by atoms with Gasteiger partial charge in [-0.2, -0.15) is 4.31 Å². The summed E-state index contributed by atoms with van der Waals surface area (Å²) in [4.78, 5) is 14.9. The van der Waals surface area contributed by atoms with Crippen LogP contribution >= 0.6 is 0 Å². The Morgan fingerprint density at radius 1 is 1.24 bits per heavy atom. The molecule has 33 heavy (non-hydrogen) atoms. The number of benzene rings is 1. The third kappa shape index (κ3) is 3.47. The predicted octanol–water partition coefficient (Wildman–Crippen LogP) is 2.16. The normalized spacial score (nSPS) is 23.5. The van der Waals surface area contributed by atoms with Gasteiger partial charge in [0.15, 0.2) is 0 Å². The van der Waals surface area contributed by atoms with Crippen LogP contribution in [0.4, 0.5) is 0 Å². The van der Waals surface area contributed by atoms with Crippen molar-refractivity contribution in [1.29, 1.82) is 0 Å². The lowest BCUT2D eigenvalue weighted by Crippen LogP contribution is -2.56. The van der Waals surface area contributed by atoms with Gasteiger partial charge in [-0.1, -0.05) is 6.42 Å². The second-order valence-corrected chi connectivity index (χ2v) is 11.9. The maximum Gasteiger partial charge on any atom is 0.225 e. The number of sulfonamides is 1. The van der Waals surface area contributed by atoms with Crippen molar-refractivity contribution in [2.45, 2.75) is 43.6 Å². The Balaban J connectivity index is 1.63. The number of carbonyl (C=O) groups is 1. The molecule has 2 aromatic rings. The van der Waals surface area contributed by atoms with Crippen molar-refractivity contribution in [1.82, 2.24) is 13.8 Å². The molecule has 3 heterocycles. The van der Waals surface area contributed by atoms with E-state index in [2.05, 4.69) is 0 Å². The monoisotopic (exact) mass is 475 g/mol. The first-order valence-electron chi connectivity index (χ1n) is 11.7. The van der Waals surface area contributed by atoms with Crippen molar-refractivity contribution in [3.63, 3.8) is 0 Å². The first-order valence-corrected chi connectivity index (χ1v) is 13.6. The Bertz CT molecular complexity index is 1190. The van der Waals surface area contributed by atoms with Crippen LogP contribution in [0.2, 0.25) is 0 Å². The fourth-order valence-corrected chi connectivity index (χ4v) is 7.25. The molecule has 1 amide bonds. The van der Waals surface area contributed by atoms with Gasteiger partial charge in [0.05, 0.1) is 31.5 Å². The Hall–Kier alpha value is -2.10. The van der Waals surface area contributed by atoms with Crippen molar-refractivity contribution < 1.29 is 23.1 Å². The van der Waals surface area contributed by atoms with Crippen LogP contribution in [-0.4, -0.2) is 72.8 Å². The van der Waals surface area contributed by atoms with E-state index in [0.29, 0.717) is 32.5 Å². The van der Waals surface area contributed by atoms with E-state index in [1.807, 2.05) is 34.7 Å². The van der Waals surface area contributed by atoms with Gasteiger partial charge in [0, 0.05) is 55.2 Å². The molecule has 0 radical (unpaired) electrons. The highest BCUT2D eigenvalue weighted by Crippen LogP contribution is 2.50. The molecule has 8 nitrogen and oxygen atoms in total. The van der Waals surface area contributed by atoms with Crippen LogP contribution in [0.15, 0.2) is 18.2 Å². The van der Waals surface area contributed by atoms with Crippen molar-refractivity contribution in [2.75, 3.05) is 39.6 Å². The van der Waals surface area contributed by atoms with Gasteiger partial charge >= 0.3 is 0 Å². The Morgan fingerprint density at radius 2 is 1.94 bits per heavy atom. The molecule has 3 aliphatic rings. The highest BCUT2D eigenvalue weighted by Gasteiger charge is 2.51. The molecule has 9 heteroatoms. The van der Waals surface area contributed by atoms with Gasteiger partial charge in [0.2, 0.25) is 15.9 Å². The van der Waals surface area contributed by atoms with Crippen LogP contribution < -0.4 is 4.74 Å². The Labute approximate surface area is 195 Å². The van der Waals surface area contributed by atoms with E-state index in [-0.39, 0.29) is 18.4 Å². The van der Waals surface area contributed by atoms with Crippen LogP contribution in [0.1, 0.15) is 49.4 Å². The van der Waals surface area contributed by atoms with E-state index in [0.717, 1.165) is 47.2 Å². The minimum atomic E-state index is -3.56. The number of hydrogen-bond donors (Lipinski definition) is 1. The lowest BCUT2D eigenvalue weighted by Gasteiger charge is -2.50. The fourth-order valence-electron chi connectivity index (χ4n) is 6.14. The van der Waals surface area contributed by atoms with E-state index in [1.54, 1.807) is 7.11 Å². The molecule has 1 atom stereocenters. The number of aryl methyl sites for hydroxylation is 1. The quantitative estimate of drug-likeness (QED) is 0.732. The number of nitrogens with zero attached hydrogens (tertiary/aromatic N) is 3. The maximum atomic E-state index is 12.9. The molecule has 1 N–H and O–H groups in total. The number of amides is 1. The molecule has 5 rings (SSSR count). The summed E-state index contributed by atoms with van der Waals surface area (Å²) in [5, 5.41) is 11.4. The molecular formula is C24H33N3O5S. The first kappa shape index (κ1) is 22.7. The number of piperidine rings is 1. The minimum absolute atomic E-state index is 0.164. The number of likely N-dealkylation sites (tertiary alicyclic amines) is 1. The van der Waals surface area contributed by atoms with Gasteiger partial charge in [-0.3, -0.25) is 4.79 Å². The van der Waals surface area contributed by atoms with Gasteiger partial charge in [-0.15, -0.1) is 0 Å². The highest BCUT2D eigenvalue weighted by molar-refractivity contribution is 7.88. The average molecular weight is 476 g/mol. The third-order valence-electron chi connectivity index (χ3n) is 8.19. The summed E-state index contributed by atoms with van der Waals surface area (Å²) < 4.78 is 34.6. The van der Waals surface area contributed by atoms with E-state index < -0.39 is 21.5 Å². The standard InChI is InChI=1S/C24H33N3O5S/c1-25-19-13-17(32-2)7-8-18(19)21-22(25)20(14-28)27(33(3,30)31)15-24(21)9-11-26(12-10-24)23(29)16-5-4-6-16/h7-8,13,16,20,28H,4-6,9-12,14-15H2,1-3H3/t20-/m0/s1. The number of aromatic nitrogens is 1. The van der Waals surface area contributed by atoms with Crippen LogP contribution in [0.3, 0.4) is 0 Å². The second-order valence-electron chi connectivity index (χ2n) is 9.94. The second kappa shape index (κ2) is 7.99. The zero-order valence-electron chi connectivity index (χ0n) is 19.6. The first-order chi connectivity index (χ1) is 15.7. The van der Waals surface area contributed by atoms with E-state index in [9.17, 15) is 18.3 Å². The largest absolute Gasteiger partial charge is 0.497 e. The predicted molar refractivity (Wildman–Crippen MR) is 126 cm³/mol. The van der Waals surface area contributed by atoms with Gasteiger partial charge in [0.1, 0.15) is 5.75 Å². The highest BCUT2D eigenvalue weighted by atomic mass is 32.2.